The Balaban J connectivity index is 0.000000158. The van der Waals surface area contributed by atoms with Gasteiger partial charge in [-0.05, 0) is 74.4 Å². The molecule has 1 amide bonds. The minimum absolute atomic E-state index is 0.0591. The third-order valence-corrected chi connectivity index (χ3v) is 6.41. The lowest BCUT2D eigenvalue weighted by Crippen LogP contribution is -2.29. The molecule has 2 aliphatic rings. The molecule has 1 aliphatic heterocycles. The first kappa shape index (κ1) is 22.8. The van der Waals surface area contributed by atoms with Gasteiger partial charge in [0.15, 0.2) is 0 Å². The van der Waals surface area contributed by atoms with Crippen LogP contribution in [-0.2, 0) is 4.74 Å². The van der Waals surface area contributed by atoms with Crippen LogP contribution in [0.25, 0.3) is 22.6 Å². The van der Waals surface area contributed by atoms with Crippen molar-refractivity contribution in [3.63, 3.8) is 0 Å². The van der Waals surface area contributed by atoms with Gasteiger partial charge in [-0.2, -0.15) is 0 Å². The third-order valence-electron chi connectivity index (χ3n) is 6.41. The molecule has 0 saturated carbocycles. The van der Waals surface area contributed by atoms with E-state index in [0.717, 1.165) is 23.0 Å². The number of ether oxygens (including phenoxy) is 1. The van der Waals surface area contributed by atoms with Crippen molar-refractivity contribution < 1.29 is 9.53 Å². The number of alkyl carbamates (subject to hydrolysis) is 1. The van der Waals surface area contributed by atoms with Gasteiger partial charge in [0.2, 0.25) is 5.95 Å². The van der Waals surface area contributed by atoms with Gasteiger partial charge < -0.3 is 10.1 Å². The third kappa shape index (κ3) is 4.94. The van der Waals surface area contributed by atoms with Crippen LogP contribution in [0.2, 0.25) is 0 Å². The van der Waals surface area contributed by atoms with Crippen molar-refractivity contribution in [3.8, 4) is 5.95 Å². The van der Waals surface area contributed by atoms with E-state index in [4.69, 9.17) is 4.74 Å². The van der Waals surface area contributed by atoms with Gasteiger partial charge in [0.25, 0.3) is 0 Å². The zero-order valence-corrected chi connectivity index (χ0v) is 20.0. The molecule has 4 aromatic rings. The summed E-state index contributed by atoms with van der Waals surface area (Å²) in [7, 11) is 0. The Hall–Kier alpha value is -4.00. The average molecular weight is 468 g/mol. The summed E-state index contributed by atoms with van der Waals surface area (Å²) in [5.74, 6) is 0.684. The molecule has 1 fully saturated rings. The topological polar surface area (TPSA) is 81.9 Å². The summed E-state index contributed by atoms with van der Waals surface area (Å²) < 4.78 is 7.16. The number of amides is 1. The molecule has 7 nitrogen and oxygen atoms in total. The molecule has 35 heavy (non-hydrogen) atoms. The molecule has 1 saturated heterocycles. The quantitative estimate of drug-likeness (QED) is 0.398. The van der Waals surface area contributed by atoms with Crippen LogP contribution < -0.4 is 5.32 Å². The Bertz CT molecular complexity index is 1350. The molecular weight excluding hydrogens is 438 g/mol. The maximum absolute atomic E-state index is 11.1. The van der Waals surface area contributed by atoms with E-state index in [1.165, 1.54) is 30.4 Å². The van der Waals surface area contributed by atoms with Crippen LogP contribution in [0.5, 0.6) is 0 Å². The van der Waals surface area contributed by atoms with E-state index in [1.807, 2.05) is 73.3 Å². The molecule has 7 heteroatoms. The predicted octanol–water partition coefficient (Wildman–Crippen LogP) is 6.02. The summed E-state index contributed by atoms with van der Waals surface area (Å²) in [6.07, 6.45) is 14.4. The fourth-order valence-electron chi connectivity index (χ4n) is 4.63. The van der Waals surface area contributed by atoms with E-state index >= 15 is 0 Å². The second-order valence-electron chi connectivity index (χ2n) is 9.32. The maximum Gasteiger partial charge on any atom is 0.408 e. The van der Waals surface area contributed by atoms with Gasteiger partial charge >= 0.3 is 6.09 Å². The van der Waals surface area contributed by atoms with Crippen molar-refractivity contribution in [1.29, 1.82) is 0 Å². The number of carbonyl (C=O) groups excluding carboxylic acids is 1. The largest absolute Gasteiger partial charge is 0.441 e. The van der Waals surface area contributed by atoms with Crippen LogP contribution in [0, 0.1) is 0 Å². The first-order chi connectivity index (χ1) is 17.0. The average Bonchev–Trinajstić information content (AvgIpc) is 3.44. The van der Waals surface area contributed by atoms with Gasteiger partial charge in [0.05, 0.1) is 17.1 Å². The van der Waals surface area contributed by atoms with Crippen LogP contribution in [0.1, 0.15) is 56.7 Å². The molecular formula is C28H29N5O2. The Morgan fingerprint density at radius 2 is 1.83 bits per heavy atom. The Morgan fingerprint density at radius 3 is 2.51 bits per heavy atom. The molecule has 1 N–H and O–H groups in total. The summed E-state index contributed by atoms with van der Waals surface area (Å²) in [5, 5.41) is 2.80. The molecule has 1 aromatic carbocycles. The van der Waals surface area contributed by atoms with E-state index in [0.29, 0.717) is 5.95 Å². The van der Waals surface area contributed by atoms with Crippen molar-refractivity contribution in [2.45, 2.75) is 51.2 Å². The molecule has 0 spiro atoms. The van der Waals surface area contributed by atoms with Crippen LogP contribution >= 0.6 is 0 Å². The van der Waals surface area contributed by atoms with Crippen LogP contribution in [-0.4, -0.2) is 31.2 Å². The molecule has 1 aliphatic carbocycles. The van der Waals surface area contributed by atoms with E-state index in [-0.39, 0.29) is 12.1 Å². The summed E-state index contributed by atoms with van der Waals surface area (Å²) in [5.41, 5.74) is 5.27. The van der Waals surface area contributed by atoms with Crippen LogP contribution in [0.4, 0.5) is 4.79 Å². The highest BCUT2D eigenvalue weighted by atomic mass is 16.6. The minimum atomic E-state index is -0.474. The number of cyclic esters (lactones) is 1. The lowest BCUT2D eigenvalue weighted by Gasteiger charge is -2.23. The number of aromatic nitrogens is 4. The number of hydrogen-bond donors (Lipinski definition) is 1. The fourth-order valence-corrected chi connectivity index (χ4v) is 4.63. The highest BCUT2D eigenvalue weighted by Crippen LogP contribution is 2.33. The smallest absolute Gasteiger partial charge is 0.408 e. The molecule has 3 aromatic heterocycles. The number of nitrogens with one attached hydrogen (secondary N) is 1. The summed E-state index contributed by atoms with van der Waals surface area (Å²) in [6.45, 7) is 3.81. The molecule has 6 rings (SSSR count). The number of benzene rings is 1. The number of pyridine rings is 1. The van der Waals surface area contributed by atoms with E-state index in [1.54, 1.807) is 12.4 Å². The van der Waals surface area contributed by atoms with E-state index < -0.39 is 5.60 Å². The van der Waals surface area contributed by atoms with E-state index in [2.05, 4.69) is 32.4 Å². The van der Waals surface area contributed by atoms with Crippen molar-refractivity contribution in [2.75, 3.05) is 0 Å². The van der Waals surface area contributed by atoms with Crippen molar-refractivity contribution in [1.82, 2.24) is 24.8 Å². The molecule has 178 valence electrons. The molecule has 0 bridgehead atoms. The maximum atomic E-state index is 11.1. The van der Waals surface area contributed by atoms with Gasteiger partial charge in [0.1, 0.15) is 5.60 Å². The highest BCUT2D eigenvalue weighted by Gasteiger charge is 2.41. The van der Waals surface area contributed by atoms with Crippen molar-refractivity contribution in [2.24, 2.45) is 0 Å². The first-order valence-corrected chi connectivity index (χ1v) is 12.0. The number of hydrogen-bond acceptors (Lipinski definition) is 5. The highest BCUT2D eigenvalue weighted by molar-refractivity contribution is 5.81. The number of carbonyl (C=O) groups is 1. The zero-order valence-electron chi connectivity index (χ0n) is 20.0. The lowest BCUT2D eigenvalue weighted by molar-refractivity contribution is 0.0684. The normalized spacial score (nSPS) is 18.7. The monoisotopic (exact) mass is 467 g/mol. The van der Waals surface area contributed by atoms with Gasteiger partial charge in [-0.1, -0.05) is 36.4 Å². The first-order valence-electron chi connectivity index (χ1n) is 12.0. The fraction of sp³-hybridized carbons (Fsp3) is 0.286. The van der Waals surface area contributed by atoms with Gasteiger partial charge in [-0.15, -0.1) is 0 Å². The molecule has 4 heterocycles. The van der Waals surface area contributed by atoms with Gasteiger partial charge in [0, 0.05) is 24.8 Å². The second-order valence-corrected chi connectivity index (χ2v) is 9.32. The standard InChI is InChI=1S/C17H16N4.C11H13NO2/c1-2-5-13(6-3-1)14-11-16-15(20-12-14)7-10-21(16)17-18-8-4-9-19-17;1-11(2)9(12-10(13)14-11)8-6-4-3-5-7-8/h4-5,7-12H,1-3,6H2;3-7,9H,1-2H3,(H,12,13)/t;9-/m.0/s1. The number of fused-ring (bicyclic) bond motifs is 1. The zero-order chi connectivity index (χ0) is 24.3. The van der Waals surface area contributed by atoms with Gasteiger partial charge in [-0.25, -0.2) is 14.8 Å². The molecule has 1 atom stereocenters. The number of rotatable bonds is 3. The summed E-state index contributed by atoms with van der Waals surface area (Å²) in [4.78, 5) is 24.3. The number of nitrogens with zero attached hydrogens (tertiary/aromatic N) is 4. The Morgan fingerprint density at radius 1 is 1.03 bits per heavy atom. The summed E-state index contributed by atoms with van der Waals surface area (Å²) in [6, 6.07) is 15.8. The van der Waals surface area contributed by atoms with Crippen molar-refractivity contribution >= 4 is 22.7 Å². The summed E-state index contributed by atoms with van der Waals surface area (Å²) >= 11 is 0. The minimum Gasteiger partial charge on any atom is -0.441 e. The predicted molar refractivity (Wildman–Crippen MR) is 136 cm³/mol. The van der Waals surface area contributed by atoms with E-state index in [9.17, 15) is 4.79 Å². The van der Waals surface area contributed by atoms with Crippen LogP contribution in [0.3, 0.4) is 0 Å². The molecule has 0 radical (unpaired) electrons. The SMILES string of the molecule is C1=C(c2cnc3ccn(-c4ncccn4)c3c2)CCCC1.CC1(C)OC(=O)N[C@H]1c1ccccc1. The van der Waals surface area contributed by atoms with Crippen molar-refractivity contribution in [3.05, 3.63) is 90.5 Å². The van der Waals surface area contributed by atoms with Crippen LogP contribution in [0.15, 0.2) is 79.4 Å². The number of allylic oxidation sites excluding steroid dienone is 2. The second kappa shape index (κ2) is 9.70. The molecule has 0 unspecified atom stereocenters. The van der Waals surface area contributed by atoms with Gasteiger partial charge in [-0.3, -0.25) is 9.55 Å². The lowest BCUT2D eigenvalue weighted by atomic mass is 9.93. The Labute approximate surface area is 204 Å². The Kier molecular flexibility index (Phi) is 6.31.